The number of nitrogens with zero attached hydrogens (tertiary/aromatic N) is 5. The predicted octanol–water partition coefficient (Wildman–Crippen LogP) is 4.62. The number of benzene rings is 1. The fraction of sp³-hybridized carbons (Fsp3) is 0.261. The Kier molecular flexibility index (Phi) is 4.82. The molecule has 0 spiro atoms. The summed E-state index contributed by atoms with van der Waals surface area (Å²) in [6.45, 7) is 3.71. The Bertz CT molecular complexity index is 1260. The lowest BCUT2D eigenvalue weighted by Crippen LogP contribution is -2.33. The minimum Gasteiger partial charge on any atom is -0.356 e. The maximum Gasteiger partial charge on any atom is 0.270 e. The van der Waals surface area contributed by atoms with E-state index in [0.717, 1.165) is 43.1 Å². The number of aromatic amines is 1. The molecule has 1 fully saturated rings. The second-order valence-electron chi connectivity index (χ2n) is 7.90. The van der Waals surface area contributed by atoms with Crippen LogP contribution in [-0.4, -0.2) is 37.9 Å². The molecule has 1 aliphatic rings. The van der Waals surface area contributed by atoms with E-state index in [1.807, 2.05) is 31.3 Å². The molecule has 0 atom stereocenters. The number of rotatable bonds is 4. The lowest BCUT2D eigenvalue weighted by molar-refractivity contribution is -0.384. The zero-order chi connectivity index (χ0) is 21.4. The average Bonchev–Trinajstić information content (AvgIpc) is 3.23. The first-order valence-electron chi connectivity index (χ1n) is 10.4. The molecule has 0 aliphatic carbocycles. The topological polar surface area (TPSA) is 101 Å². The highest BCUT2D eigenvalue weighted by Gasteiger charge is 2.24. The summed E-state index contributed by atoms with van der Waals surface area (Å²) in [4.78, 5) is 29.9. The number of non-ortho nitro benzene ring substituents is 1. The highest BCUT2D eigenvalue weighted by atomic mass is 16.6. The van der Waals surface area contributed by atoms with Crippen molar-refractivity contribution in [2.24, 2.45) is 0 Å². The van der Waals surface area contributed by atoms with E-state index in [1.54, 1.807) is 6.07 Å². The Balaban J connectivity index is 1.37. The Labute approximate surface area is 179 Å². The highest BCUT2D eigenvalue weighted by Crippen LogP contribution is 2.34. The predicted molar refractivity (Wildman–Crippen MR) is 119 cm³/mol. The molecule has 31 heavy (non-hydrogen) atoms. The number of hydrogen-bond acceptors (Lipinski definition) is 6. The van der Waals surface area contributed by atoms with E-state index in [4.69, 9.17) is 4.98 Å². The van der Waals surface area contributed by atoms with Crippen LogP contribution in [0.15, 0.2) is 54.9 Å². The normalized spacial score (nSPS) is 14.8. The van der Waals surface area contributed by atoms with Crippen LogP contribution in [0, 0.1) is 17.0 Å². The smallest absolute Gasteiger partial charge is 0.270 e. The Morgan fingerprint density at radius 3 is 2.77 bits per heavy atom. The van der Waals surface area contributed by atoms with Crippen LogP contribution in [0.5, 0.6) is 0 Å². The Morgan fingerprint density at radius 1 is 1.13 bits per heavy atom. The van der Waals surface area contributed by atoms with Crippen molar-refractivity contribution in [1.29, 1.82) is 0 Å². The van der Waals surface area contributed by atoms with Crippen molar-refractivity contribution in [2.45, 2.75) is 25.7 Å². The number of H-pyrrole nitrogens is 1. The maximum absolute atomic E-state index is 11.1. The van der Waals surface area contributed by atoms with Crippen molar-refractivity contribution in [3.8, 4) is 11.4 Å². The summed E-state index contributed by atoms with van der Waals surface area (Å²) in [6.07, 6.45) is 5.95. The first-order chi connectivity index (χ1) is 15.1. The van der Waals surface area contributed by atoms with Crippen LogP contribution in [0.1, 0.15) is 30.0 Å². The molecule has 0 unspecified atom stereocenters. The van der Waals surface area contributed by atoms with Crippen LogP contribution in [0.2, 0.25) is 0 Å². The molecular weight excluding hydrogens is 392 g/mol. The fourth-order valence-corrected chi connectivity index (χ4v) is 4.34. The van der Waals surface area contributed by atoms with Gasteiger partial charge >= 0.3 is 0 Å². The zero-order valence-electron chi connectivity index (χ0n) is 17.2. The maximum atomic E-state index is 11.1. The molecule has 4 aromatic rings. The number of fused-ring (bicyclic) bond motifs is 1. The summed E-state index contributed by atoms with van der Waals surface area (Å²) in [5, 5.41) is 12.3. The number of aromatic nitrogens is 4. The van der Waals surface area contributed by atoms with Crippen molar-refractivity contribution in [3.05, 3.63) is 76.2 Å². The largest absolute Gasteiger partial charge is 0.356 e. The van der Waals surface area contributed by atoms with Crippen molar-refractivity contribution in [1.82, 2.24) is 19.9 Å². The molecule has 5 rings (SSSR count). The molecule has 0 radical (unpaired) electrons. The molecule has 1 aliphatic heterocycles. The van der Waals surface area contributed by atoms with E-state index in [2.05, 4.69) is 32.1 Å². The van der Waals surface area contributed by atoms with Crippen molar-refractivity contribution >= 4 is 22.5 Å². The second-order valence-corrected chi connectivity index (χ2v) is 7.90. The third kappa shape index (κ3) is 3.72. The van der Waals surface area contributed by atoms with Crippen LogP contribution in [-0.2, 0) is 0 Å². The van der Waals surface area contributed by atoms with Crippen LogP contribution in [0.4, 0.5) is 11.5 Å². The van der Waals surface area contributed by atoms with Gasteiger partial charge in [0.05, 0.1) is 4.92 Å². The third-order valence-electron chi connectivity index (χ3n) is 5.90. The van der Waals surface area contributed by atoms with Gasteiger partial charge in [-0.15, -0.1) is 0 Å². The van der Waals surface area contributed by atoms with Crippen molar-refractivity contribution < 1.29 is 4.92 Å². The van der Waals surface area contributed by atoms with Crippen LogP contribution < -0.4 is 4.90 Å². The lowest BCUT2D eigenvalue weighted by Gasteiger charge is -2.33. The number of nitro groups is 1. The van der Waals surface area contributed by atoms with Gasteiger partial charge in [-0.1, -0.05) is 12.1 Å². The molecular formula is C23H22N6O2. The molecule has 1 saturated heterocycles. The number of aryl methyl sites for hydroxylation is 1. The summed E-state index contributed by atoms with van der Waals surface area (Å²) in [6, 6.07) is 12.6. The summed E-state index contributed by atoms with van der Waals surface area (Å²) in [7, 11) is 0. The van der Waals surface area contributed by atoms with Gasteiger partial charge in [-0.25, -0.2) is 15.0 Å². The summed E-state index contributed by atoms with van der Waals surface area (Å²) < 4.78 is 0. The zero-order valence-corrected chi connectivity index (χ0v) is 17.2. The molecule has 0 saturated carbocycles. The minimum atomic E-state index is -0.398. The number of pyridine rings is 1. The van der Waals surface area contributed by atoms with Gasteiger partial charge in [0.25, 0.3) is 5.69 Å². The number of nitro benzene ring substituents is 1. The van der Waals surface area contributed by atoms with Gasteiger partial charge in [0.1, 0.15) is 11.5 Å². The van der Waals surface area contributed by atoms with Gasteiger partial charge in [-0.2, -0.15) is 0 Å². The molecule has 4 heterocycles. The monoisotopic (exact) mass is 414 g/mol. The Hall–Kier alpha value is -3.81. The van der Waals surface area contributed by atoms with Crippen molar-refractivity contribution in [2.75, 3.05) is 18.0 Å². The molecule has 8 heteroatoms. The van der Waals surface area contributed by atoms with E-state index < -0.39 is 4.92 Å². The Morgan fingerprint density at radius 2 is 1.97 bits per heavy atom. The number of piperidine rings is 1. The van der Waals surface area contributed by atoms with Gasteiger partial charge in [-0.05, 0) is 43.4 Å². The second kappa shape index (κ2) is 7.79. The number of anilines is 1. The van der Waals surface area contributed by atoms with Gasteiger partial charge < -0.3 is 9.88 Å². The molecule has 156 valence electrons. The van der Waals surface area contributed by atoms with Crippen LogP contribution in [0.25, 0.3) is 22.4 Å². The van der Waals surface area contributed by atoms with Crippen LogP contribution >= 0.6 is 0 Å². The van der Waals surface area contributed by atoms with E-state index in [1.165, 1.54) is 23.1 Å². The van der Waals surface area contributed by atoms with Gasteiger partial charge in [0.15, 0.2) is 5.82 Å². The minimum absolute atomic E-state index is 0.0400. The quantitative estimate of drug-likeness (QED) is 0.386. The van der Waals surface area contributed by atoms with Gasteiger partial charge in [0, 0.05) is 60.3 Å². The van der Waals surface area contributed by atoms with E-state index >= 15 is 0 Å². The lowest BCUT2D eigenvalue weighted by atomic mass is 9.89. The first-order valence-corrected chi connectivity index (χ1v) is 10.4. The summed E-state index contributed by atoms with van der Waals surface area (Å²) >= 11 is 0. The molecule has 1 N–H and O–H groups in total. The number of nitrogens with one attached hydrogen (secondary N) is 1. The average molecular weight is 414 g/mol. The fourth-order valence-electron chi connectivity index (χ4n) is 4.34. The molecule has 1 aromatic carbocycles. The number of hydrogen-bond donors (Lipinski definition) is 1. The summed E-state index contributed by atoms with van der Waals surface area (Å²) in [5.74, 6) is 1.87. The highest BCUT2D eigenvalue weighted by molar-refractivity contribution is 5.80. The molecule has 0 amide bonds. The summed E-state index contributed by atoms with van der Waals surface area (Å²) in [5.41, 5.74) is 3.81. The van der Waals surface area contributed by atoms with E-state index in [-0.39, 0.29) is 5.69 Å². The molecule has 3 aromatic heterocycles. The van der Waals surface area contributed by atoms with Crippen LogP contribution in [0.3, 0.4) is 0 Å². The standard InChI is InChI=1S/C23H22N6O2/c1-15-12-21(27-22(26-15)17-4-2-5-18(13-17)29(30)31)28-10-7-16(8-11-28)20-14-25-23-19(20)6-3-9-24-23/h2-6,9,12-14,16H,7-8,10-11H2,1H3,(H,24,25). The van der Waals surface area contributed by atoms with Gasteiger partial charge in [-0.3, -0.25) is 10.1 Å². The SMILES string of the molecule is Cc1cc(N2CCC(c3c[nH]c4ncccc34)CC2)nc(-c2cccc([N+](=O)[O-])c2)n1. The van der Waals surface area contributed by atoms with Gasteiger partial charge in [0.2, 0.25) is 0 Å². The third-order valence-corrected chi connectivity index (χ3v) is 5.90. The molecule has 8 nitrogen and oxygen atoms in total. The van der Waals surface area contributed by atoms with E-state index in [9.17, 15) is 10.1 Å². The molecule has 0 bridgehead atoms. The van der Waals surface area contributed by atoms with Crippen molar-refractivity contribution in [3.63, 3.8) is 0 Å². The first kappa shape index (κ1) is 19.2. The van der Waals surface area contributed by atoms with E-state index in [0.29, 0.717) is 17.3 Å².